The van der Waals surface area contributed by atoms with Crippen molar-refractivity contribution in [2.24, 2.45) is 5.73 Å². The number of hydrogen-bond acceptors (Lipinski definition) is 6. The Balaban J connectivity index is 1.74. The molecule has 1 saturated heterocycles. The molecule has 3 amide bonds. The quantitative estimate of drug-likeness (QED) is 0.503. The van der Waals surface area contributed by atoms with E-state index in [1.54, 1.807) is 54.7 Å². The molecule has 2 aromatic heterocycles. The number of ether oxygens (including phenoxy) is 2. The van der Waals surface area contributed by atoms with Crippen LogP contribution in [0.2, 0.25) is 5.02 Å². The SMILES string of the molecule is COC1(OC)CN(C(N)=O)[C@@](C(=O)Nc2ccc(-n3ccccc3=O)cc2)(c2ccc(Cl)cn2)C1. The summed E-state index contributed by atoms with van der Waals surface area (Å²) < 4.78 is 12.6. The number of nitrogens with zero attached hydrogens (tertiary/aromatic N) is 3. The number of methoxy groups -OCH3 is 2. The molecule has 0 saturated carbocycles. The van der Waals surface area contributed by atoms with E-state index in [1.165, 1.54) is 35.9 Å². The van der Waals surface area contributed by atoms with Crippen LogP contribution >= 0.6 is 11.6 Å². The first kappa shape index (κ1) is 24.4. The summed E-state index contributed by atoms with van der Waals surface area (Å²) in [5.41, 5.74) is 5.20. The van der Waals surface area contributed by atoms with Crippen molar-refractivity contribution in [1.82, 2.24) is 14.5 Å². The fraction of sp³-hybridized carbons (Fsp3) is 0.250. The summed E-state index contributed by atoms with van der Waals surface area (Å²) in [6, 6.07) is 13.8. The van der Waals surface area contributed by atoms with Gasteiger partial charge in [0.15, 0.2) is 11.3 Å². The second-order valence-corrected chi connectivity index (χ2v) is 8.49. The fourth-order valence-electron chi connectivity index (χ4n) is 4.29. The summed E-state index contributed by atoms with van der Waals surface area (Å²) >= 11 is 6.02. The molecule has 1 aliphatic heterocycles. The first-order valence-corrected chi connectivity index (χ1v) is 11.0. The predicted molar refractivity (Wildman–Crippen MR) is 129 cm³/mol. The van der Waals surface area contributed by atoms with Gasteiger partial charge in [0.1, 0.15) is 0 Å². The number of carbonyl (C=O) groups excluding carboxylic acids is 2. The highest BCUT2D eigenvalue weighted by Gasteiger charge is 2.62. The Labute approximate surface area is 206 Å². The van der Waals surface area contributed by atoms with Gasteiger partial charge in [-0.15, -0.1) is 0 Å². The molecule has 3 heterocycles. The van der Waals surface area contributed by atoms with Crippen LogP contribution in [0.4, 0.5) is 10.5 Å². The van der Waals surface area contributed by atoms with E-state index in [9.17, 15) is 14.4 Å². The molecule has 3 N–H and O–H groups in total. The lowest BCUT2D eigenvalue weighted by Crippen LogP contribution is -2.55. The van der Waals surface area contributed by atoms with Crippen molar-refractivity contribution in [2.45, 2.75) is 17.7 Å². The fourth-order valence-corrected chi connectivity index (χ4v) is 4.40. The number of likely N-dealkylation sites (tertiary alicyclic amines) is 1. The zero-order chi connectivity index (χ0) is 25.2. The minimum absolute atomic E-state index is 0.0616. The van der Waals surface area contributed by atoms with Crippen molar-refractivity contribution >= 4 is 29.2 Å². The van der Waals surface area contributed by atoms with E-state index >= 15 is 0 Å². The zero-order valence-electron chi connectivity index (χ0n) is 19.1. The number of rotatable bonds is 6. The molecule has 11 heteroatoms. The van der Waals surface area contributed by atoms with E-state index in [0.717, 1.165) is 0 Å². The van der Waals surface area contributed by atoms with Crippen LogP contribution < -0.4 is 16.6 Å². The summed E-state index contributed by atoms with van der Waals surface area (Å²) in [6.07, 6.45) is 2.97. The van der Waals surface area contributed by atoms with Crippen LogP contribution in [0.3, 0.4) is 0 Å². The van der Waals surface area contributed by atoms with Crippen LogP contribution in [0, 0.1) is 0 Å². The van der Waals surface area contributed by atoms with Crippen LogP contribution in [-0.4, -0.2) is 52.9 Å². The molecule has 3 aromatic rings. The van der Waals surface area contributed by atoms with E-state index in [2.05, 4.69) is 10.3 Å². The topological polar surface area (TPSA) is 129 Å². The number of pyridine rings is 2. The van der Waals surface area contributed by atoms with E-state index < -0.39 is 23.3 Å². The van der Waals surface area contributed by atoms with Crippen molar-refractivity contribution < 1.29 is 19.1 Å². The average molecular weight is 498 g/mol. The maximum absolute atomic E-state index is 13.9. The summed E-state index contributed by atoms with van der Waals surface area (Å²) in [7, 11) is 2.85. The second-order valence-electron chi connectivity index (χ2n) is 8.05. The maximum atomic E-state index is 13.9. The molecule has 1 aromatic carbocycles. The number of halogens is 1. The normalized spacial score (nSPS) is 18.9. The molecule has 0 bridgehead atoms. The molecule has 4 rings (SSSR count). The van der Waals surface area contributed by atoms with Gasteiger partial charge in [-0.25, -0.2) is 4.79 Å². The van der Waals surface area contributed by atoms with Gasteiger partial charge in [-0.2, -0.15) is 0 Å². The molecule has 1 fully saturated rings. The van der Waals surface area contributed by atoms with Gasteiger partial charge in [-0.1, -0.05) is 17.7 Å². The third-order valence-electron chi connectivity index (χ3n) is 6.15. The maximum Gasteiger partial charge on any atom is 0.316 e. The number of urea groups is 1. The highest BCUT2D eigenvalue weighted by molar-refractivity contribution is 6.30. The minimum Gasteiger partial charge on any atom is -0.351 e. The molecule has 182 valence electrons. The zero-order valence-corrected chi connectivity index (χ0v) is 19.9. The van der Waals surface area contributed by atoms with Gasteiger partial charge in [0.2, 0.25) is 0 Å². The largest absolute Gasteiger partial charge is 0.351 e. The minimum atomic E-state index is -1.64. The monoisotopic (exact) mass is 497 g/mol. The van der Waals surface area contributed by atoms with Gasteiger partial charge in [0.25, 0.3) is 11.5 Å². The number of benzene rings is 1. The second kappa shape index (κ2) is 9.49. The number of nitrogens with two attached hydrogens (primary N) is 1. The molecule has 35 heavy (non-hydrogen) atoms. The lowest BCUT2D eigenvalue weighted by molar-refractivity contribution is -0.196. The van der Waals surface area contributed by atoms with E-state index in [4.69, 9.17) is 26.8 Å². The van der Waals surface area contributed by atoms with Gasteiger partial charge in [-0.05, 0) is 42.5 Å². The number of carbonyl (C=O) groups is 2. The summed E-state index contributed by atoms with van der Waals surface area (Å²) in [4.78, 5) is 44.0. The number of anilines is 1. The van der Waals surface area contributed by atoms with E-state index in [1.807, 2.05) is 0 Å². The van der Waals surface area contributed by atoms with Gasteiger partial charge >= 0.3 is 6.03 Å². The lowest BCUT2D eigenvalue weighted by Gasteiger charge is -2.35. The third-order valence-corrected chi connectivity index (χ3v) is 6.37. The Kier molecular flexibility index (Phi) is 6.62. The van der Waals surface area contributed by atoms with Gasteiger partial charge in [-0.3, -0.25) is 24.0 Å². The predicted octanol–water partition coefficient (Wildman–Crippen LogP) is 2.49. The Morgan fingerprint density at radius 1 is 1.09 bits per heavy atom. The van der Waals surface area contributed by atoms with Crippen LogP contribution in [0.1, 0.15) is 12.1 Å². The van der Waals surface area contributed by atoms with Crippen LogP contribution in [-0.2, 0) is 19.8 Å². The van der Waals surface area contributed by atoms with Crippen LogP contribution in [0.15, 0.2) is 71.8 Å². The van der Waals surface area contributed by atoms with Crippen LogP contribution in [0.25, 0.3) is 5.69 Å². The Hall–Kier alpha value is -3.73. The molecule has 1 atom stereocenters. The highest BCUT2D eigenvalue weighted by atomic mass is 35.5. The Bertz CT molecular complexity index is 1290. The first-order valence-electron chi connectivity index (χ1n) is 10.6. The van der Waals surface area contributed by atoms with E-state index in [-0.39, 0.29) is 24.2 Å². The molecular weight excluding hydrogens is 474 g/mol. The molecule has 0 spiro atoms. The molecule has 0 aliphatic carbocycles. The summed E-state index contributed by atoms with van der Waals surface area (Å²) in [6.45, 7) is -0.0943. The van der Waals surface area contributed by atoms with E-state index in [0.29, 0.717) is 16.4 Å². The summed E-state index contributed by atoms with van der Waals surface area (Å²) in [5, 5.41) is 3.21. The Morgan fingerprint density at radius 3 is 2.37 bits per heavy atom. The average Bonchev–Trinajstić information content (AvgIpc) is 3.23. The van der Waals surface area contributed by atoms with Crippen molar-refractivity contribution in [1.29, 1.82) is 0 Å². The highest BCUT2D eigenvalue weighted by Crippen LogP contribution is 2.45. The van der Waals surface area contributed by atoms with Gasteiger partial charge < -0.3 is 20.5 Å². The molecule has 10 nitrogen and oxygen atoms in total. The van der Waals surface area contributed by atoms with Crippen molar-refractivity contribution in [2.75, 3.05) is 26.1 Å². The molecule has 0 unspecified atom stereocenters. The van der Waals surface area contributed by atoms with Crippen molar-refractivity contribution in [3.05, 3.63) is 88.1 Å². The Morgan fingerprint density at radius 2 is 1.80 bits per heavy atom. The smallest absolute Gasteiger partial charge is 0.316 e. The van der Waals surface area contributed by atoms with Crippen molar-refractivity contribution in [3.8, 4) is 5.69 Å². The molecule has 0 radical (unpaired) electrons. The number of aromatic nitrogens is 2. The number of amides is 3. The standard InChI is InChI=1S/C24H24ClN5O5/c1-34-23(35-2)14-24(30(15-23)22(26)33,19-11-6-16(25)13-27-19)21(32)28-17-7-9-18(10-8-17)29-12-4-3-5-20(29)31/h3-13H,14-15H2,1-2H3,(H2,26,33)(H,28,32)/t24-/m1/s1. The van der Waals surface area contributed by atoms with Crippen LogP contribution in [0.5, 0.6) is 0 Å². The van der Waals surface area contributed by atoms with Gasteiger partial charge in [0, 0.05) is 50.5 Å². The molecule has 1 aliphatic rings. The molecular formula is C24H24ClN5O5. The number of primary amides is 1. The lowest BCUT2D eigenvalue weighted by atomic mass is 9.88. The van der Waals surface area contributed by atoms with Crippen molar-refractivity contribution in [3.63, 3.8) is 0 Å². The number of nitrogens with one attached hydrogen (secondary N) is 1. The third kappa shape index (κ3) is 4.39. The summed E-state index contributed by atoms with van der Waals surface area (Å²) in [5.74, 6) is -1.85. The number of hydrogen-bond donors (Lipinski definition) is 2. The van der Waals surface area contributed by atoms with Gasteiger partial charge in [0.05, 0.1) is 17.3 Å². The first-order chi connectivity index (χ1) is 16.7.